The number of nitrogens with one attached hydrogen (secondary N) is 1. The fourth-order valence-electron chi connectivity index (χ4n) is 3.13. The van der Waals surface area contributed by atoms with E-state index in [4.69, 9.17) is 0 Å². The molecular formula is C12H19BrN4. The molecule has 17 heavy (non-hydrogen) atoms. The van der Waals surface area contributed by atoms with E-state index in [9.17, 15) is 0 Å². The van der Waals surface area contributed by atoms with E-state index in [0.717, 1.165) is 23.6 Å². The molecule has 2 fully saturated rings. The predicted octanol–water partition coefficient (Wildman–Crippen LogP) is 1.51. The number of aromatic nitrogens is 2. The summed E-state index contributed by atoms with van der Waals surface area (Å²) in [5, 5.41) is 7.84. The lowest BCUT2D eigenvalue weighted by Gasteiger charge is -2.27. The Kier molecular flexibility index (Phi) is 3.23. The van der Waals surface area contributed by atoms with E-state index in [1.165, 1.54) is 31.5 Å². The van der Waals surface area contributed by atoms with Crippen LogP contribution in [0.15, 0.2) is 10.7 Å². The fraction of sp³-hybridized carbons (Fsp3) is 0.750. The highest BCUT2D eigenvalue weighted by Crippen LogP contribution is 2.30. The third-order valence-electron chi connectivity index (χ3n) is 4.15. The van der Waals surface area contributed by atoms with Crippen LogP contribution in [0.4, 0.5) is 0 Å². The summed E-state index contributed by atoms with van der Waals surface area (Å²) in [6.45, 7) is 3.34. The minimum atomic E-state index is 0.712. The van der Waals surface area contributed by atoms with E-state index in [-0.39, 0.29) is 0 Å². The van der Waals surface area contributed by atoms with Gasteiger partial charge >= 0.3 is 0 Å². The predicted molar refractivity (Wildman–Crippen MR) is 70.7 cm³/mol. The molecule has 0 radical (unpaired) electrons. The number of rotatable bonds is 2. The molecule has 3 heterocycles. The number of nitrogens with zero attached hydrogens (tertiary/aromatic N) is 3. The number of hydrogen-bond acceptors (Lipinski definition) is 3. The molecule has 1 aromatic rings. The van der Waals surface area contributed by atoms with Crippen molar-refractivity contribution in [3.63, 3.8) is 0 Å². The van der Waals surface area contributed by atoms with Gasteiger partial charge in [-0.15, -0.1) is 0 Å². The molecular weight excluding hydrogens is 280 g/mol. The summed E-state index contributed by atoms with van der Waals surface area (Å²) < 4.78 is 3.12. The van der Waals surface area contributed by atoms with E-state index in [1.807, 2.05) is 17.9 Å². The molecule has 1 aromatic heterocycles. The van der Waals surface area contributed by atoms with E-state index in [1.54, 1.807) is 0 Å². The van der Waals surface area contributed by atoms with Gasteiger partial charge in [-0.2, -0.15) is 5.10 Å². The first-order valence-electron chi connectivity index (χ1n) is 6.38. The Morgan fingerprint density at radius 3 is 3.00 bits per heavy atom. The van der Waals surface area contributed by atoms with Crippen molar-refractivity contribution < 1.29 is 0 Å². The van der Waals surface area contributed by atoms with Crippen molar-refractivity contribution in [1.82, 2.24) is 20.0 Å². The number of aryl methyl sites for hydroxylation is 1. The van der Waals surface area contributed by atoms with Crippen LogP contribution < -0.4 is 5.32 Å². The lowest BCUT2D eigenvalue weighted by atomic mass is 10.1. The number of hydrogen-bond donors (Lipinski definition) is 1. The van der Waals surface area contributed by atoms with Crippen LogP contribution in [0, 0.1) is 0 Å². The molecule has 1 N–H and O–H groups in total. The molecule has 2 bridgehead atoms. The second-order valence-corrected chi connectivity index (χ2v) is 5.97. The summed E-state index contributed by atoms with van der Waals surface area (Å²) in [6, 6.07) is 1.47. The zero-order valence-electron chi connectivity index (χ0n) is 10.2. The lowest BCUT2D eigenvalue weighted by molar-refractivity contribution is 0.188. The zero-order chi connectivity index (χ0) is 11.8. The van der Waals surface area contributed by atoms with Crippen molar-refractivity contribution >= 4 is 15.9 Å². The standard InChI is InChI=1S/C12H19BrN4/c1-16-12(11(13)7-15-16)8-17-9-2-3-10(17)6-14-5-4-9/h7,9-10,14H,2-6,8H2,1H3. The SMILES string of the molecule is Cn1ncc(Br)c1CN1C2CCNCC1CC2. The Balaban J connectivity index is 1.80. The highest BCUT2D eigenvalue weighted by Gasteiger charge is 2.35. The molecule has 0 aromatic carbocycles. The average Bonchev–Trinajstić information content (AvgIpc) is 2.72. The molecule has 0 spiro atoms. The van der Waals surface area contributed by atoms with E-state index in [0.29, 0.717) is 6.04 Å². The van der Waals surface area contributed by atoms with E-state index >= 15 is 0 Å². The topological polar surface area (TPSA) is 33.1 Å². The zero-order valence-corrected chi connectivity index (χ0v) is 11.8. The van der Waals surface area contributed by atoms with Crippen LogP contribution in [0.25, 0.3) is 0 Å². The van der Waals surface area contributed by atoms with Crippen LogP contribution in [0.2, 0.25) is 0 Å². The van der Waals surface area contributed by atoms with Gasteiger partial charge in [-0.25, -0.2) is 0 Å². The van der Waals surface area contributed by atoms with Gasteiger partial charge in [0, 0.05) is 32.2 Å². The van der Waals surface area contributed by atoms with Crippen molar-refractivity contribution in [2.24, 2.45) is 7.05 Å². The van der Waals surface area contributed by atoms with Crippen LogP contribution in [-0.2, 0) is 13.6 Å². The number of fused-ring (bicyclic) bond motifs is 2. The Bertz CT molecular complexity index is 370. The van der Waals surface area contributed by atoms with Gasteiger partial charge in [0.2, 0.25) is 0 Å². The van der Waals surface area contributed by atoms with Gasteiger partial charge in [0.05, 0.1) is 16.4 Å². The summed E-state index contributed by atoms with van der Waals surface area (Å²) in [7, 11) is 2.03. The molecule has 2 aliphatic rings. The van der Waals surface area contributed by atoms with E-state index < -0.39 is 0 Å². The molecule has 5 heteroatoms. The smallest absolute Gasteiger partial charge is 0.0663 e. The summed E-state index contributed by atoms with van der Waals surface area (Å²) in [4.78, 5) is 2.67. The molecule has 2 saturated heterocycles. The first-order valence-corrected chi connectivity index (χ1v) is 7.18. The van der Waals surface area contributed by atoms with Crippen molar-refractivity contribution in [2.45, 2.75) is 37.9 Å². The van der Waals surface area contributed by atoms with E-state index in [2.05, 4.69) is 31.2 Å². The second kappa shape index (κ2) is 4.71. The summed E-state index contributed by atoms with van der Waals surface area (Å²) in [5.41, 5.74) is 1.30. The second-order valence-electron chi connectivity index (χ2n) is 5.11. The molecule has 0 aliphatic carbocycles. The molecule has 2 unspecified atom stereocenters. The van der Waals surface area contributed by atoms with Crippen LogP contribution in [0.1, 0.15) is 25.0 Å². The molecule has 2 aliphatic heterocycles. The molecule has 3 rings (SSSR count). The summed E-state index contributed by atoms with van der Waals surface area (Å²) in [6.07, 6.45) is 5.88. The monoisotopic (exact) mass is 298 g/mol. The van der Waals surface area contributed by atoms with Crippen molar-refractivity contribution in [3.05, 3.63) is 16.4 Å². The van der Waals surface area contributed by atoms with Crippen LogP contribution >= 0.6 is 15.9 Å². The normalized spacial score (nSPS) is 29.5. The molecule has 0 amide bonds. The van der Waals surface area contributed by atoms with Crippen molar-refractivity contribution in [1.29, 1.82) is 0 Å². The van der Waals surface area contributed by atoms with Crippen LogP contribution in [0.3, 0.4) is 0 Å². The van der Waals surface area contributed by atoms with Crippen molar-refractivity contribution in [3.8, 4) is 0 Å². The minimum Gasteiger partial charge on any atom is -0.315 e. The fourth-order valence-corrected chi connectivity index (χ4v) is 3.60. The van der Waals surface area contributed by atoms with Gasteiger partial charge in [0.1, 0.15) is 0 Å². The van der Waals surface area contributed by atoms with Crippen LogP contribution in [-0.4, -0.2) is 39.9 Å². The Morgan fingerprint density at radius 1 is 1.41 bits per heavy atom. The van der Waals surface area contributed by atoms with Gasteiger partial charge in [-0.1, -0.05) is 0 Å². The van der Waals surface area contributed by atoms with Gasteiger partial charge in [-0.3, -0.25) is 9.58 Å². The Hall–Kier alpha value is -0.390. The Labute approximate surface area is 110 Å². The molecule has 0 saturated carbocycles. The van der Waals surface area contributed by atoms with Gasteiger partial charge in [0.15, 0.2) is 0 Å². The van der Waals surface area contributed by atoms with Gasteiger partial charge in [-0.05, 0) is 41.7 Å². The molecule has 4 nitrogen and oxygen atoms in total. The maximum Gasteiger partial charge on any atom is 0.0663 e. The third-order valence-corrected chi connectivity index (χ3v) is 4.81. The van der Waals surface area contributed by atoms with Crippen molar-refractivity contribution in [2.75, 3.05) is 13.1 Å². The summed E-state index contributed by atoms with van der Waals surface area (Å²) >= 11 is 3.60. The molecule has 94 valence electrons. The molecule has 2 atom stereocenters. The quantitative estimate of drug-likeness (QED) is 0.898. The highest BCUT2D eigenvalue weighted by atomic mass is 79.9. The lowest BCUT2D eigenvalue weighted by Crippen LogP contribution is -2.37. The summed E-state index contributed by atoms with van der Waals surface area (Å²) in [5.74, 6) is 0. The number of halogens is 1. The van der Waals surface area contributed by atoms with Crippen LogP contribution in [0.5, 0.6) is 0 Å². The largest absolute Gasteiger partial charge is 0.315 e. The first-order chi connectivity index (χ1) is 8.25. The minimum absolute atomic E-state index is 0.712. The Morgan fingerprint density at radius 2 is 2.24 bits per heavy atom. The highest BCUT2D eigenvalue weighted by molar-refractivity contribution is 9.10. The maximum absolute atomic E-state index is 4.30. The van der Waals surface area contributed by atoms with Gasteiger partial charge < -0.3 is 5.32 Å². The average molecular weight is 299 g/mol. The maximum atomic E-state index is 4.30. The van der Waals surface area contributed by atoms with Gasteiger partial charge in [0.25, 0.3) is 0 Å². The third kappa shape index (κ3) is 2.16. The first kappa shape index (κ1) is 11.7.